The summed E-state index contributed by atoms with van der Waals surface area (Å²) in [4.78, 5) is 0.907. The molecule has 0 unspecified atom stereocenters. The predicted octanol–water partition coefficient (Wildman–Crippen LogP) is 3.03. The molecule has 3 heteroatoms. The number of rotatable bonds is 0. The summed E-state index contributed by atoms with van der Waals surface area (Å²) in [5.74, 6) is 0. The fourth-order valence-corrected chi connectivity index (χ4v) is 1.73. The Morgan fingerprint density at radius 3 is 3.00 bits per heavy atom. The molecule has 62 valence electrons. The lowest BCUT2D eigenvalue weighted by Crippen LogP contribution is -2.16. The Morgan fingerprint density at radius 2 is 2.17 bits per heavy atom. The standard InChI is InChI=1S/C9H8ClNS/c10-7-3-1-6-2-4-9(12)11-8(6)5-7/h1,3,5H,2,4H2,(H,11,12). The first kappa shape index (κ1) is 8.02. The van der Waals surface area contributed by atoms with Gasteiger partial charge in [-0.05, 0) is 24.1 Å². The lowest BCUT2D eigenvalue weighted by molar-refractivity contribution is 1.03. The molecule has 0 saturated heterocycles. The molecule has 0 aliphatic carbocycles. The van der Waals surface area contributed by atoms with Crippen molar-refractivity contribution < 1.29 is 0 Å². The van der Waals surface area contributed by atoms with E-state index in [9.17, 15) is 0 Å². The normalized spacial score (nSPS) is 15.2. The van der Waals surface area contributed by atoms with Crippen LogP contribution in [0.1, 0.15) is 12.0 Å². The van der Waals surface area contributed by atoms with Gasteiger partial charge in [0, 0.05) is 17.1 Å². The van der Waals surface area contributed by atoms with Gasteiger partial charge in [0.25, 0.3) is 0 Å². The maximum absolute atomic E-state index is 5.84. The van der Waals surface area contributed by atoms with Crippen LogP contribution >= 0.6 is 23.8 Å². The third kappa shape index (κ3) is 1.45. The van der Waals surface area contributed by atoms with E-state index in [2.05, 4.69) is 5.32 Å². The van der Waals surface area contributed by atoms with Crippen LogP contribution in [0.5, 0.6) is 0 Å². The zero-order valence-corrected chi connectivity index (χ0v) is 8.00. The minimum absolute atomic E-state index is 0.756. The van der Waals surface area contributed by atoms with Crippen LogP contribution in [0.25, 0.3) is 0 Å². The van der Waals surface area contributed by atoms with Crippen molar-refractivity contribution in [2.45, 2.75) is 12.8 Å². The van der Waals surface area contributed by atoms with Gasteiger partial charge in [-0.25, -0.2) is 0 Å². The number of anilines is 1. The van der Waals surface area contributed by atoms with E-state index in [1.165, 1.54) is 5.56 Å². The van der Waals surface area contributed by atoms with E-state index in [4.69, 9.17) is 23.8 Å². The second-order valence-electron chi connectivity index (χ2n) is 2.85. The summed E-state index contributed by atoms with van der Waals surface area (Å²) in [6.07, 6.45) is 1.97. The minimum atomic E-state index is 0.756. The van der Waals surface area contributed by atoms with Crippen molar-refractivity contribution >= 4 is 34.5 Å². The van der Waals surface area contributed by atoms with E-state index in [-0.39, 0.29) is 0 Å². The Hall–Kier alpha value is -0.600. The first-order valence-electron chi connectivity index (χ1n) is 3.84. The molecule has 1 aliphatic rings. The smallest absolute Gasteiger partial charge is 0.0800 e. The highest BCUT2D eigenvalue weighted by Gasteiger charge is 2.11. The number of aryl methyl sites for hydroxylation is 1. The second kappa shape index (κ2) is 3.04. The maximum Gasteiger partial charge on any atom is 0.0800 e. The van der Waals surface area contributed by atoms with Gasteiger partial charge in [-0.2, -0.15) is 0 Å². The number of halogens is 1. The number of fused-ring (bicyclic) bond motifs is 1. The zero-order chi connectivity index (χ0) is 8.55. The topological polar surface area (TPSA) is 12.0 Å². The Labute approximate surface area is 81.7 Å². The van der Waals surface area contributed by atoms with Crippen molar-refractivity contribution in [1.29, 1.82) is 0 Å². The molecule has 1 aromatic carbocycles. The highest BCUT2D eigenvalue weighted by molar-refractivity contribution is 7.80. The molecule has 1 aliphatic heterocycles. The van der Waals surface area contributed by atoms with Gasteiger partial charge in [0.15, 0.2) is 0 Å². The summed E-state index contributed by atoms with van der Waals surface area (Å²) >= 11 is 10.9. The monoisotopic (exact) mass is 197 g/mol. The van der Waals surface area contributed by atoms with Crippen LogP contribution in [0.4, 0.5) is 5.69 Å². The van der Waals surface area contributed by atoms with E-state index in [0.29, 0.717) is 0 Å². The number of hydrogen-bond donors (Lipinski definition) is 1. The molecule has 0 radical (unpaired) electrons. The maximum atomic E-state index is 5.84. The van der Waals surface area contributed by atoms with Crippen molar-refractivity contribution in [2.75, 3.05) is 5.32 Å². The first-order chi connectivity index (χ1) is 5.75. The predicted molar refractivity (Wildman–Crippen MR) is 56.0 cm³/mol. The van der Waals surface area contributed by atoms with E-state index in [0.717, 1.165) is 28.5 Å². The van der Waals surface area contributed by atoms with Gasteiger partial charge in [0.2, 0.25) is 0 Å². The van der Waals surface area contributed by atoms with Gasteiger partial charge in [0.05, 0.1) is 4.99 Å². The largest absolute Gasteiger partial charge is 0.350 e. The molecule has 0 aromatic heterocycles. The molecule has 1 aromatic rings. The zero-order valence-electron chi connectivity index (χ0n) is 6.43. The molecule has 0 spiro atoms. The molecule has 0 bridgehead atoms. The third-order valence-electron chi connectivity index (χ3n) is 1.97. The molecule has 0 amide bonds. The summed E-state index contributed by atoms with van der Waals surface area (Å²) in [5, 5.41) is 3.90. The molecular weight excluding hydrogens is 190 g/mol. The van der Waals surface area contributed by atoms with Crippen molar-refractivity contribution in [3.8, 4) is 0 Å². The van der Waals surface area contributed by atoms with E-state index >= 15 is 0 Å². The highest BCUT2D eigenvalue weighted by atomic mass is 35.5. The molecule has 0 saturated carbocycles. The molecular formula is C9H8ClNS. The van der Waals surface area contributed by atoms with Gasteiger partial charge in [-0.3, -0.25) is 0 Å². The Balaban J connectivity index is 2.44. The third-order valence-corrected chi connectivity index (χ3v) is 2.51. The number of benzene rings is 1. The number of thiocarbonyl (C=S) groups is 1. The summed E-state index contributed by atoms with van der Waals surface area (Å²) in [5.41, 5.74) is 2.37. The second-order valence-corrected chi connectivity index (χ2v) is 3.78. The molecule has 12 heavy (non-hydrogen) atoms. The van der Waals surface area contributed by atoms with Gasteiger partial charge in [-0.15, -0.1) is 0 Å². The number of hydrogen-bond acceptors (Lipinski definition) is 1. The lowest BCUT2D eigenvalue weighted by atomic mass is 10.0. The molecule has 1 nitrogen and oxygen atoms in total. The van der Waals surface area contributed by atoms with Gasteiger partial charge >= 0.3 is 0 Å². The minimum Gasteiger partial charge on any atom is -0.350 e. The Kier molecular flexibility index (Phi) is 2.03. The van der Waals surface area contributed by atoms with Crippen LogP contribution in [0.2, 0.25) is 5.02 Å². The highest BCUT2D eigenvalue weighted by Crippen LogP contribution is 2.25. The van der Waals surface area contributed by atoms with Crippen LogP contribution in [-0.4, -0.2) is 4.99 Å². The quantitative estimate of drug-likeness (QED) is 0.642. The SMILES string of the molecule is S=C1CCc2ccc(Cl)cc2N1. The lowest BCUT2D eigenvalue weighted by Gasteiger charge is -2.18. The molecule has 0 atom stereocenters. The molecule has 1 heterocycles. The van der Waals surface area contributed by atoms with Gasteiger partial charge in [-0.1, -0.05) is 29.9 Å². The van der Waals surface area contributed by atoms with Crippen LogP contribution in [0.15, 0.2) is 18.2 Å². The van der Waals surface area contributed by atoms with E-state index < -0.39 is 0 Å². The fraction of sp³-hybridized carbons (Fsp3) is 0.222. The molecule has 1 N–H and O–H groups in total. The first-order valence-corrected chi connectivity index (χ1v) is 4.62. The molecule has 2 rings (SSSR count). The van der Waals surface area contributed by atoms with Gasteiger partial charge in [0.1, 0.15) is 0 Å². The van der Waals surface area contributed by atoms with Crippen molar-refractivity contribution in [2.24, 2.45) is 0 Å². The summed E-state index contributed by atoms with van der Waals surface area (Å²) in [6, 6.07) is 5.88. The van der Waals surface area contributed by atoms with Crippen molar-refractivity contribution in [1.82, 2.24) is 0 Å². The summed E-state index contributed by atoms with van der Waals surface area (Å²) in [7, 11) is 0. The summed E-state index contributed by atoms with van der Waals surface area (Å²) < 4.78 is 0. The van der Waals surface area contributed by atoms with Crippen LogP contribution < -0.4 is 5.32 Å². The van der Waals surface area contributed by atoms with Gasteiger partial charge < -0.3 is 5.32 Å². The summed E-state index contributed by atoms with van der Waals surface area (Å²) in [6.45, 7) is 0. The Morgan fingerprint density at radius 1 is 1.33 bits per heavy atom. The van der Waals surface area contributed by atoms with E-state index in [1.54, 1.807) is 0 Å². The average molecular weight is 198 g/mol. The van der Waals surface area contributed by atoms with Crippen LogP contribution in [0, 0.1) is 0 Å². The fourth-order valence-electron chi connectivity index (χ4n) is 1.34. The number of nitrogens with one attached hydrogen (secondary N) is 1. The molecule has 0 fully saturated rings. The van der Waals surface area contributed by atoms with Crippen molar-refractivity contribution in [3.63, 3.8) is 0 Å². The van der Waals surface area contributed by atoms with Crippen LogP contribution in [0.3, 0.4) is 0 Å². The van der Waals surface area contributed by atoms with Crippen molar-refractivity contribution in [3.05, 3.63) is 28.8 Å². The average Bonchev–Trinajstić information content (AvgIpc) is 2.03. The van der Waals surface area contributed by atoms with Crippen LogP contribution in [-0.2, 0) is 6.42 Å². The van der Waals surface area contributed by atoms with E-state index in [1.807, 2.05) is 18.2 Å². The Bertz CT molecular complexity index is 335.